The van der Waals surface area contributed by atoms with Crippen molar-refractivity contribution in [2.75, 3.05) is 7.11 Å². The second-order valence-corrected chi connectivity index (χ2v) is 5.07. The van der Waals surface area contributed by atoms with Crippen LogP contribution in [0.15, 0.2) is 42.5 Å². The maximum absolute atomic E-state index is 13.3. The minimum atomic E-state index is -0.222. The molecule has 0 aliphatic carbocycles. The van der Waals surface area contributed by atoms with E-state index < -0.39 is 0 Å². The summed E-state index contributed by atoms with van der Waals surface area (Å²) in [5.74, 6) is 0.624. The Hall–Kier alpha value is -1.87. The molecule has 20 heavy (non-hydrogen) atoms. The van der Waals surface area contributed by atoms with Crippen LogP contribution >= 0.6 is 0 Å². The third-order valence-electron chi connectivity index (χ3n) is 3.14. The predicted molar refractivity (Wildman–Crippen MR) is 80.4 cm³/mol. The summed E-state index contributed by atoms with van der Waals surface area (Å²) in [6.07, 6.45) is 0. The zero-order chi connectivity index (χ0) is 14.5. The lowest BCUT2D eigenvalue weighted by molar-refractivity contribution is 0.406. The zero-order valence-electron chi connectivity index (χ0n) is 12.1. The number of hydrogen-bond acceptors (Lipinski definition) is 2. The van der Waals surface area contributed by atoms with Gasteiger partial charge in [-0.3, -0.25) is 0 Å². The Balaban J connectivity index is 2.33. The fraction of sp³-hybridized carbons (Fsp3) is 0.294. The lowest BCUT2D eigenvalue weighted by Gasteiger charge is -2.13. The van der Waals surface area contributed by atoms with E-state index in [0.717, 1.165) is 29.0 Å². The first kappa shape index (κ1) is 14.5. The van der Waals surface area contributed by atoms with Crippen molar-refractivity contribution < 1.29 is 9.13 Å². The Bertz CT molecular complexity index is 581. The molecule has 0 heterocycles. The summed E-state index contributed by atoms with van der Waals surface area (Å²) in [7, 11) is 1.66. The van der Waals surface area contributed by atoms with E-state index in [-0.39, 0.29) is 5.82 Å². The molecule has 2 aromatic rings. The molecule has 2 rings (SSSR count). The summed E-state index contributed by atoms with van der Waals surface area (Å²) < 4.78 is 18.7. The number of hydrogen-bond donors (Lipinski definition) is 1. The van der Waals surface area contributed by atoms with E-state index in [0.29, 0.717) is 6.04 Å². The monoisotopic (exact) mass is 273 g/mol. The molecule has 0 saturated carbocycles. The molecule has 0 spiro atoms. The van der Waals surface area contributed by atoms with Gasteiger partial charge in [-0.1, -0.05) is 32.0 Å². The molecule has 0 atom stereocenters. The van der Waals surface area contributed by atoms with Crippen molar-refractivity contribution in [2.24, 2.45) is 0 Å². The van der Waals surface area contributed by atoms with Gasteiger partial charge in [0.15, 0.2) is 0 Å². The highest BCUT2D eigenvalue weighted by molar-refractivity contribution is 5.65. The van der Waals surface area contributed by atoms with E-state index in [1.807, 2.05) is 24.3 Å². The lowest BCUT2D eigenvalue weighted by atomic mass is 10.0. The molecule has 0 unspecified atom stereocenters. The molecule has 1 N–H and O–H groups in total. The van der Waals surface area contributed by atoms with Gasteiger partial charge in [-0.05, 0) is 35.4 Å². The lowest BCUT2D eigenvalue weighted by Crippen LogP contribution is -2.22. The molecule has 0 bridgehead atoms. The Morgan fingerprint density at radius 2 is 1.85 bits per heavy atom. The smallest absolute Gasteiger partial charge is 0.123 e. The van der Waals surface area contributed by atoms with Crippen LogP contribution in [-0.4, -0.2) is 13.2 Å². The molecule has 106 valence electrons. The summed E-state index contributed by atoms with van der Waals surface area (Å²) in [6, 6.07) is 13.0. The molecule has 0 amide bonds. The largest absolute Gasteiger partial charge is 0.496 e. The molecule has 0 radical (unpaired) electrons. The van der Waals surface area contributed by atoms with Gasteiger partial charge in [-0.15, -0.1) is 0 Å². The van der Waals surface area contributed by atoms with Gasteiger partial charge in [0, 0.05) is 18.2 Å². The Labute approximate surface area is 119 Å². The van der Waals surface area contributed by atoms with Gasteiger partial charge in [-0.2, -0.15) is 0 Å². The van der Waals surface area contributed by atoms with Crippen LogP contribution in [0, 0.1) is 5.82 Å². The van der Waals surface area contributed by atoms with Gasteiger partial charge in [0.25, 0.3) is 0 Å². The molecule has 3 heteroatoms. The van der Waals surface area contributed by atoms with Crippen LogP contribution < -0.4 is 10.1 Å². The highest BCUT2D eigenvalue weighted by atomic mass is 19.1. The Morgan fingerprint density at radius 1 is 1.10 bits per heavy atom. The first-order valence-corrected chi connectivity index (χ1v) is 6.76. The maximum Gasteiger partial charge on any atom is 0.123 e. The summed E-state index contributed by atoms with van der Waals surface area (Å²) in [4.78, 5) is 0. The number of ether oxygens (including phenoxy) is 1. The summed E-state index contributed by atoms with van der Waals surface area (Å²) >= 11 is 0. The molecule has 0 saturated heterocycles. The van der Waals surface area contributed by atoms with E-state index in [2.05, 4.69) is 19.2 Å². The van der Waals surface area contributed by atoms with E-state index in [4.69, 9.17) is 4.74 Å². The Morgan fingerprint density at radius 3 is 2.50 bits per heavy atom. The van der Waals surface area contributed by atoms with Crippen LogP contribution in [0.1, 0.15) is 19.4 Å². The van der Waals surface area contributed by atoms with Gasteiger partial charge < -0.3 is 10.1 Å². The highest BCUT2D eigenvalue weighted by Crippen LogP contribution is 2.27. The van der Waals surface area contributed by atoms with Crippen LogP contribution in [0.4, 0.5) is 4.39 Å². The number of halogens is 1. The van der Waals surface area contributed by atoms with E-state index in [1.165, 1.54) is 6.07 Å². The predicted octanol–water partition coefficient (Wildman–Crippen LogP) is 4.00. The number of methoxy groups -OCH3 is 1. The van der Waals surface area contributed by atoms with Crippen molar-refractivity contribution in [2.45, 2.75) is 26.4 Å². The second kappa shape index (κ2) is 6.53. The van der Waals surface area contributed by atoms with Crippen LogP contribution in [-0.2, 0) is 6.54 Å². The average molecular weight is 273 g/mol. The van der Waals surface area contributed by atoms with E-state index in [9.17, 15) is 4.39 Å². The summed E-state index contributed by atoms with van der Waals surface area (Å²) in [6.45, 7) is 4.93. The van der Waals surface area contributed by atoms with Gasteiger partial charge in [-0.25, -0.2) is 4.39 Å². The standard InChI is InChI=1S/C17H20FNO/c1-12(2)19-11-15-9-14(7-8-17(15)20-3)13-5-4-6-16(18)10-13/h4-10,12,19H,11H2,1-3H3. The van der Waals surface area contributed by atoms with Crippen molar-refractivity contribution in [3.8, 4) is 16.9 Å². The maximum atomic E-state index is 13.3. The highest BCUT2D eigenvalue weighted by Gasteiger charge is 2.07. The molecular weight excluding hydrogens is 253 g/mol. The number of benzene rings is 2. The van der Waals surface area contributed by atoms with Crippen molar-refractivity contribution in [3.05, 3.63) is 53.8 Å². The fourth-order valence-electron chi connectivity index (χ4n) is 2.08. The van der Waals surface area contributed by atoms with Gasteiger partial charge in [0.1, 0.15) is 11.6 Å². The minimum absolute atomic E-state index is 0.222. The van der Waals surface area contributed by atoms with Crippen molar-refractivity contribution in [1.82, 2.24) is 5.32 Å². The van der Waals surface area contributed by atoms with Gasteiger partial charge >= 0.3 is 0 Å². The summed E-state index contributed by atoms with van der Waals surface area (Å²) in [5, 5.41) is 3.37. The molecule has 2 aromatic carbocycles. The third-order valence-corrected chi connectivity index (χ3v) is 3.14. The van der Waals surface area contributed by atoms with Gasteiger partial charge in [0.05, 0.1) is 7.11 Å². The molecule has 0 fully saturated rings. The quantitative estimate of drug-likeness (QED) is 0.889. The molecule has 0 aromatic heterocycles. The van der Waals surface area contributed by atoms with Gasteiger partial charge in [0.2, 0.25) is 0 Å². The second-order valence-electron chi connectivity index (χ2n) is 5.07. The molecule has 2 nitrogen and oxygen atoms in total. The van der Waals surface area contributed by atoms with Crippen LogP contribution in [0.25, 0.3) is 11.1 Å². The van der Waals surface area contributed by atoms with E-state index in [1.54, 1.807) is 19.2 Å². The number of rotatable bonds is 5. The van der Waals surface area contributed by atoms with Crippen molar-refractivity contribution in [3.63, 3.8) is 0 Å². The normalized spacial score (nSPS) is 10.8. The molecular formula is C17H20FNO. The molecule has 0 aliphatic rings. The first-order chi connectivity index (χ1) is 9.60. The first-order valence-electron chi connectivity index (χ1n) is 6.76. The number of nitrogens with one attached hydrogen (secondary N) is 1. The summed E-state index contributed by atoms with van der Waals surface area (Å²) in [5.41, 5.74) is 2.94. The third kappa shape index (κ3) is 3.58. The Kier molecular flexibility index (Phi) is 4.74. The van der Waals surface area contributed by atoms with Crippen molar-refractivity contribution >= 4 is 0 Å². The molecule has 0 aliphatic heterocycles. The van der Waals surface area contributed by atoms with Crippen molar-refractivity contribution in [1.29, 1.82) is 0 Å². The van der Waals surface area contributed by atoms with Crippen LogP contribution in [0.2, 0.25) is 0 Å². The fourth-order valence-corrected chi connectivity index (χ4v) is 2.08. The SMILES string of the molecule is COc1ccc(-c2cccc(F)c2)cc1CNC(C)C. The minimum Gasteiger partial charge on any atom is -0.496 e. The zero-order valence-corrected chi connectivity index (χ0v) is 12.1. The van der Waals surface area contributed by atoms with Crippen LogP contribution in [0.3, 0.4) is 0 Å². The van der Waals surface area contributed by atoms with E-state index >= 15 is 0 Å². The van der Waals surface area contributed by atoms with Crippen LogP contribution in [0.5, 0.6) is 5.75 Å². The average Bonchev–Trinajstić information content (AvgIpc) is 2.44. The topological polar surface area (TPSA) is 21.3 Å².